The Bertz CT molecular complexity index is 941. The minimum Gasteiger partial charge on any atom is -0.349 e. The summed E-state index contributed by atoms with van der Waals surface area (Å²) in [5.74, 6) is 1.25. The van der Waals surface area contributed by atoms with Crippen molar-refractivity contribution in [2.75, 3.05) is 20.1 Å². The molecule has 32 heavy (non-hydrogen) atoms. The first-order valence-corrected chi connectivity index (χ1v) is 12.3. The maximum absolute atomic E-state index is 11.8. The highest BCUT2D eigenvalue weighted by atomic mass is 16.1. The number of nitrogens with zero attached hydrogens (tertiary/aromatic N) is 4. The van der Waals surface area contributed by atoms with Crippen molar-refractivity contribution in [2.24, 2.45) is 0 Å². The number of hydrogen-bond acceptors (Lipinski definition) is 4. The second-order valence-electron chi connectivity index (χ2n) is 10.1. The van der Waals surface area contributed by atoms with E-state index >= 15 is 0 Å². The van der Waals surface area contributed by atoms with E-state index < -0.39 is 0 Å². The van der Waals surface area contributed by atoms with E-state index in [1.165, 1.54) is 48.5 Å². The zero-order valence-corrected chi connectivity index (χ0v) is 19.8. The molecule has 4 atom stereocenters. The first-order chi connectivity index (χ1) is 15.5. The maximum Gasteiger partial charge on any atom is 0.217 e. The van der Waals surface area contributed by atoms with Crippen LogP contribution in [0.3, 0.4) is 0 Å². The van der Waals surface area contributed by atoms with E-state index in [0.29, 0.717) is 18.1 Å². The monoisotopic (exact) mass is 435 g/mol. The zero-order chi connectivity index (χ0) is 22.2. The molecule has 2 aromatic rings. The summed E-state index contributed by atoms with van der Waals surface area (Å²) in [6, 6.07) is 12.4. The highest BCUT2D eigenvalue weighted by Crippen LogP contribution is 2.42. The lowest BCUT2D eigenvalue weighted by Gasteiger charge is -2.41. The quantitative estimate of drug-likeness (QED) is 0.753. The van der Waals surface area contributed by atoms with E-state index in [1.807, 2.05) is 6.07 Å². The lowest BCUT2D eigenvalue weighted by Crippen LogP contribution is -2.45. The van der Waals surface area contributed by atoms with Crippen LogP contribution in [-0.4, -0.2) is 57.5 Å². The molecule has 2 bridgehead atoms. The molecule has 0 aliphatic carbocycles. The third-order valence-electron chi connectivity index (χ3n) is 7.90. The van der Waals surface area contributed by atoms with Crippen LogP contribution in [0.2, 0.25) is 0 Å². The Kier molecular flexibility index (Phi) is 6.08. The Labute approximate surface area is 192 Å². The summed E-state index contributed by atoms with van der Waals surface area (Å²) in [6.07, 6.45) is 7.08. The summed E-state index contributed by atoms with van der Waals surface area (Å²) >= 11 is 0. The number of imidazole rings is 1. The maximum atomic E-state index is 11.8. The number of fused-ring (bicyclic) bond motifs is 3. The smallest absolute Gasteiger partial charge is 0.217 e. The SMILES string of the molecule is CC(=O)N[C@@H](CCN1[C@@H]2CC[C@H]1CC(n1c(C)nc3c1CN(C)CC3)C2)c1ccccc1. The van der Waals surface area contributed by atoms with E-state index in [-0.39, 0.29) is 11.9 Å². The Balaban J connectivity index is 1.28. The fourth-order valence-electron chi connectivity index (χ4n) is 6.48. The van der Waals surface area contributed by atoms with Gasteiger partial charge in [-0.25, -0.2) is 4.98 Å². The number of likely N-dealkylation sites (N-methyl/N-ethyl adjacent to an activating group) is 1. The first kappa shape index (κ1) is 21.7. The summed E-state index contributed by atoms with van der Waals surface area (Å²) < 4.78 is 2.59. The van der Waals surface area contributed by atoms with E-state index in [0.717, 1.165) is 32.5 Å². The standard InChI is InChI=1S/C26H37N5O/c1-18-27-25-11-13-29(3)17-26(25)31(18)23-15-21-9-10-22(16-23)30(21)14-12-24(28-19(2)32)20-7-5-4-6-8-20/h4-8,21-24H,9-17H2,1-3H3,(H,28,32)/t21-,22+,23?,24-/m0/s1. The second kappa shape index (κ2) is 8.99. The normalized spacial score (nSPS) is 26.7. The average Bonchev–Trinajstić information content (AvgIpc) is 3.22. The molecule has 6 nitrogen and oxygen atoms in total. The molecule has 0 spiro atoms. The largest absolute Gasteiger partial charge is 0.349 e. The number of aromatic nitrogens is 2. The summed E-state index contributed by atoms with van der Waals surface area (Å²) in [6.45, 7) is 7.01. The van der Waals surface area contributed by atoms with Crippen LogP contribution >= 0.6 is 0 Å². The van der Waals surface area contributed by atoms with Gasteiger partial charge in [0, 0.05) is 51.1 Å². The summed E-state index contributed by atoms with van der Waals surface area (Å²) in [5.41, 5.74) is 4.00. The van der Waals surface area contributed by atoms with Gasteiger partial charge in [0.2, 0.25) is 5.91 Å². The van der Waals surface area contributed by atoms with Crippen molar-refractivity contribution in [1.29, 1.82) is 0 Å². The number of piperidine rings is 1. The Morgan fingerprint density at radius 2 is 1.88 bits per heavy atom. The average molecular weight is 436 g/mol. The van der Waals surface area contributed by atoms with Crippen molar-refractivity contribution in [3.63, 3.8) is 0 Å². The van der Waals surface area contributed by atoms with Gasteiger partial charge in [-0.2, -0.15) is 0 Å². The molecule has 3 aliphatic heterocycles. The van der Waals surface area contributed by atoms with Gasteiger partial charge in [-0.05, 0) is 51.6 Å². The van der Waals surface area contributed by atoms with Crippen molar-refractivity contribution >= 4 is 5.91 Å². The van der Waals surface area contributed by atoms with Gasteiger partial charge in [-0.3, -0.25) is 9.69 Å². The molecule has 2 fully saturated rings. The number of hydrogen-bond donors (Lipinski definition) is 1. The zero-order valence-electron chi connectivity index (χ0n) is 19.8. The van der Waals surface area contributed by atoms with Gasteiger partial charge in [-0.1, -0.05) is 30.3 Å². The number of carbonyl (C=O) groups is 1. The molecule has 1 aromatic heterocycles. The molecule has 0 radical (unpaired) electrons. The van der Waals surface area contributed by atoms with Crippen LogP contribution in [0.1, 0.15) is 73.9 Å². The highest BCUT2D eigenvalue weighted by molar-refractivity contribution is 5.73. The molecule has 5 rings (SSSR count). The van der Waals surface area contributed by atoms with Crippen LogP contribution < -0.4 is 5.32 Å². The molecule has 1 N–H and O–H groups in total. The Morgan fingerprint density at radius 3 is 2.56 bits per heavy atom. The Hall–Kier alpha value is -2.18. The lowest BCUT2D eigenvalue weighted by molar-refractivity contribution is -0.119. The minimum atomic E-state index is 0.0471. The van der Waals surface area contributed by atoms with E-state index in [4.69, 9.17) is 4.98 Å². The first-order valence-electron chi connectivity index (χ1n) is 12.3. The molecule has 1 unspecified atom stereocenters. The van der Waals surface area contributed by atoms with E-state index in [1.54, 1.807) is 6.92 Å². The van der Waals surface area contributed by atoms with Gasteiger partial charge in [0.15, 0.2) is 0 Å². The molecule has 1 amide bonds. The van der Waals surface area contributed by atoms with Crippen LogP contribution in [0, 0.1) is 6.92 Å². The fraction of sp³-hybridized carbons (Fsp3) is 0.615. The number of rotatable bonds is 6. The summed E-state index contributed by atoms with van der Waals surface area (Å²) in [4.78, 5) is 22.0. The Morgan fingerprint density at radius 1 is 1.16 bits per heavy atom. The number of carbonyl (C=O) groups excluding carboxylic acids is 1. The minimum absolute atomic E-state index is 0.0471. The molecule has 172 valence electrons. The van der Waals surface area contributed by atoms with Crippen molar-refractivity contribution in [2.45, 2.75) is 83.1 Å². The molecule has 6 heteroatoms. The van der Waals surface area contributed by atoms with E-state index in [2.05, 4.69) is 57.9 Å². The summed E-state index contributed by atoms with van der Waals surface area (Å²) in [7, 11) is 2.22. The van der Waals surface area contributed by atoms with Crippen LogP contribution in [0.25, 0.3) is 0 Å². The van der Waals surface area contributed by atoms with Gasteiger partial charge < -0.3 is 14.8 Å². The number of benzene rings is 1. The van der Waals surface area contributed by atoms with Crippen molar-refractivity contribution < 1.29 is 4.79 Å². The van der Waals surface area contributed by atoms with Crippen molar-refractivity contribution in [1.82, 2.24) is 24.7 Å². The lowest BCUT2D eigenvalue weighted by atomic mass is 9.95. The molecular formula is C26H37N5O. The molecule has 0 saturated carbocycles. The van der Waals surface area contributed by atoms with Crippen LogP contribution in [0.4, 0.5) is 0 Å². The molecular weight excluding hydrogens is 398 g/mol. The third-order valence-corrected chi connectivity index (χ3v) is 7.90. The highest BCUT2D eigenvalue weighted by Gasteiger charge is 2.42. The van der Waals surface area contributed by atoms with Gasteiger partial charge in [0.25, 0.3) is 0 Å². The van der Waals surface area contributed by atoms with Crippen molar-refractivity contribution in [3.05, 3.63) is 53.1 Å². The number of aryl methyl sites for hydroxylation is 1. The molecule has 2 saturated heterocycles. The van der Waals surface area contributed by atoms with Gasteiger partial charge >= 0.3 is 0 Å². The second-order valence-corrected chi connectivity index (χ2v) is 10.1. The van der Waals surface area contributed by atoms with Crippen LogP contribution in [0.5, 0.6) is 0 Å². The molecule has 4 heterocycles. The summed E-state index contributed by atoms with van der Waals surface area (Å²) in [5, 5.41) is 3.18. The third kappa shape index (κ3) is 4.23. The van der Waals surface area contributed by atoms with Crippen LogP contribution in [-0.2, 0) is 17.8 Å². The van der Waals surface area contributed by atoms with Gasteiger partial charge in [-0.15, -0.1) is 0 Å². The molecule has 1 aromatic carbocycles. The van der Waals surface area contributed by atoms with Gasteiger partial charge in [0.1, 0.15) is 5.82 Å². The van der Waals surface area contributed by atoms with Crippen molar-refractivity contribution in [3.8, 4) is 0 Å². The van der Waals surface area contributed by atoms with E-state index in [9.17, 15) is 4.79 Å². The topological polar surface area (TPSA) is 53.4 Å². The molecule has 3 aliphatic rings. The number of nitrogens with one attached hydrogen (secondary N) is 1. The number of amides is 1. The van der Waals surface area contributed by atoms with Crippen LogP contribution in [0.15, 0.2) is 30.3 Å². The fourth-order valence-corrected chi connectivity index (χ4v) is 6.48. The van der Waals surface area contributed by atoms with Gasteiger partial charge in [0.05, 0.1) is 17.4 Å². The predicted octanol–water partition coefficient (Wildman–Crippen LogP) is 3.61. The predicted molar refractivity (Wildman–Crippen MR) is 126 cm³/mol.